The molecular formula is C27H30N2O4. The number of ether oxygens (including phenoxy) is 1. The number of hydrogen-bond acceptors (Lipinski definition) is 4. The molecule has 6 nitrogen and oxygen atoms in total. The summed E-state index contributed by atoms with van der Waals surface area (Å²) in [4.78, 5) is 41.0. The van der Waals surface area contributed by atoms with E-state index in [1.165, 1.54) is 4.90 Å². The SMILES string of the molecule is O=C1CCC(=O)N1C1CC2CCC(C1)N2C(=O)CCc1cccc(OCc2ccccc2)c1. The number of aryl methyl sites for hydroxylation is 1. The topological polar surface area (TPSA) is 66.9 Å². The van der Waals surface area contributed by atoms with Gasteiger partial charge in [-0.15, -0.1) is 0 Å². The lowest BCUT2D eigenvalue weighted by atomic mass is 9.95. The van der Waals surface area contributed by atoms with Gasteiger partial charge >= 0.3 is 0 Å². The number of amides is 3. The highest BCUT2D eigenvalue weighted by Crippen LogP contribution is 2.39. The summed E-state index contributed by atoms with van der Waals surface area (Å²) in [5.41, 5.74) is 2.21. The third-order valence-electron chi connectivity index (χ3n) is 7.23. The molecule has 2 aromatic carbocycles. The molecule has 0 N–H and O–H groups in total. The fourth-order valence-electron chi connectivity index (χ4n) is 5.68. The van der Waals surface area contributed by atoms with Crippen LogP contribution in [0.5, 0.6) is 5.75 Å². The van der Waals surface area contributed by atoms with Gasteiger partial charge in [0.05, 0.1) is 0 Å². The fourth-order valence-corrected chi connectivity index (χ4v) is 5.68. The van der Waals surface area contributed by atoms with Crippen LogP contribution in [0.25, 0.3) is 0 Å². The van der Waals surface area contributed by atoms with Crippen molar-refractivity contribution in [1.82, 2.24) is 9.80 Å². The van der Waals surface area contributed by atoms with Crippen LogP contribution in [0.1, 0.15) is 56.1 Å². The standard InChI is InChI=1S/C27H30N2O4/c30-25(12-9-19-7-4-8-24(15-19)33-18-20-5-2-1-3-6-20)28-21-10-11-22(28)17-23(16-21)29-26(31)13-14-27(29)32/h1-8,15,21-23H,9-14,16-18H2. The van der Waals surface area contributed by atoms with Crippen molar-refractivity contribution >= 4 is 17.7 Å². The Morgan fingerprint density at radius 1 is 0.848 bits per heavy atom. The lowest BCUT2D eigenvalue weighted by molar-refractivity contribution is -0.144. The van der Waals surface area contributed by atoms with Crippen LogP contribution < -0.4 is 4.74 Å². The maximum atomic E-state index is 13.1. The summed E-state index contributed by atoms with van der Waals surface area (Å²) in [5, 5.41) is 0. The number of carbonyl (C=O) groups excluding carboxylic acids is 3. The van der Waals surface area contributed by atoms with Gasteiger partial charge in [0.2, 0.25) is 17.7 Å². The van der Waals surface area contributed by atoms with E-state index in [-0.39, 0.29) is 35.8 Å². The minimum absolute atomic E-state index is 0.0347. The van der Waals surface area contributed by atoms with Crippen molar-refractivity contribution in [1.29, 1.82) is 0 Å². The van der Waals surface area contributed by atoms with Gasteiger partial charge in [0.1, 0.15) is 12.4 Å². The molecule has 0 saturated carbocycles. The van der Waals surface area contributed by atoms with Crippen molar-refractivity contribution in [3.05, 3.63) is 65.7 Å². The first-order valence-corrected chi connectivity index (χ1v) is 12.0. The molecule has 0 spiro atoms. The Kier molecular flexibility index (Phi) is 6.16. The van der Waals surface area contributed by atoms with Crippen LogP contribution >= 0.6 is 0 Å². The first-order valence-electron chi connectivity index (χ1n) is 12.0. The molecule has 5 rings (SSSR count). The summed E-state index contributed by atoms with van der Waals surface area (Å²) < 4.78 is 5.92. The van der Waals surface area contributed by atoms with E-state index in [2.05, 4.69) is 4.90 Å². The van der Waals surface area contributed by atoms with Crippen molar-refractivity contribution in [2.75, 3.05) is 0 Å². The molecule has 0 radical (unpaired) electrons. The van der Waals surface area contributed by atoms with E-state index in [4.69, 9.17) is 4.74 Å². The first-order chi connectivity index (χ1) is 16.1. The van der Waals surface area contributed by atoms with Crippen molar-refractivity contribution in [2.45, 2.75) is 76.1 Å². The normalized spacial score (nSPS) is 24.4. The molecule has 33 heavy (non-hydrogen) atoms. The number of imide groups is 1. The van der Waals surface area contributed by atoms with Crippen molar-refractivity contribution in [3.8, 4) is 5.75 Å². The summed E-state index contributed by atoms with van der Waals surface area (Å²) in [6.45, 7) is 0.517. The zero-order chi connectivity index (χ0) is 22.8. The van der Waals surface area contributed by atoms with Crippen molar-refractivity contribution in [3.63, 3.8) is 0 Å². The molecule has 3 saturated heterocycles. The summed E-state index contributed by atoms with van der Waals surface area (Å²) in [6, 6.07) is 18.3. The van der Waals surface area contributed by atoms with Gasteiger partial charge in [-0.25, -0.2) is 0 Å². The van der Waals surface area contributed by atoms with Crippen LogP contribution in [0.2, 0.25) is 0 Å². The average Bonchev–Trinajstić information content (AvgIpc) is 3.31. The summed E-state index contributed by atoms with van der Waals surface area (Å²) in [6.07, 6.45) is 5.18. The van der Waals surface area contributed by atoms with Crippen LogP contribution in [-0.2, 0) is 27.4 Å². The number of nitrogens with zero attached hydrogens (tertiary/aromatic N) is 2. The van der Waals surface area contributed by atoms with E-state index in [1.807, 2.05) is 54.6 Å². The Bertz CT molecular complexity index is 1010. The molecule has 2 atom stereocenters. The Morgan fingerprint density at radius 3 is 2.21 bits per heavy atom. The number of piperidine rings is 1. The lowest BCUT2D eigenvalue weighted by Gasteiger charge is -2.41. The summed E-state index contributed by atoms with van der Waals surface area (Å²) >= 11 is 0. The molecule has 6 heteroatoms. The molecular weight excluding hydrogens is 416 g/mol. The third kappa shape index (κ3) is 4.65. The highest BCUT2D eigenvalue weighted by molar-refractivity contribution is 6.02. The molecule has 3 aliphatic rings. The first kappa shape index (κ1) is 21.7. The van der Waals surface area contributed by atoms with Crippen LogP contribution in [0, 0.1) is 0 Å². The van der Waals surface area contributed by atoms with E-state index in [9.17, 15) is 14.4 Å². The van der Waals surface area contributed by atoms with E-state index >= 15 is 0 Å². The largest absolute Gasteiger partial charge is 0.489 e. The number of rotatable bonds is 7. The number of hydrogen-bond donors (Lipinski definition) is 0. The number of benzene rings is 2. The van der Waals surface area contributed by atoms with Crippen LogP contribution in [0.4, 0.5) is 0 Å². The van der Waals surface area contributed by atoms with Gasteiger partial charge in [0, 0.05) is 37.4 Å². The zero-order valence-electron chi connectivity index (χ0n) is 18.8. The molecule has 3 fully saturated rings. The Balaban J connectivity index is 1.16. The summed E-state index contributed by atoms with van der Waals surface area (Å²) in [5.74, 6) is 0.900. The molecule has 0 aromatic heterocycles. The van der Waals surface area contributed by atoms with Crippen LogP contribution in [-0.4, -0.2) is 45.6 Å². The van der Waals surface area contributed by atoms with E-state index in [0.717, 1.165) is 42.6 Å². The minimum Gasteiger partial charge on any atom is -0.489 e. The fraction of sp³-hybridized carbons (Fsp3) is 0.444. The Hall–Kier alpha value is -3.15. The molecule has 2 aromatic rings. The molecule has 0 aliphatic carbocycles. The second-order valence-corrected chi connectivity index (χ2v) is 9.39. The summed E-state index contributed by atoms with van der Waals surface area (Å²) in [7, 11) is 0. The molecule has 2 bridgehead atoms. The molecule has 3 aliphatic heterocycles. The number of likely N-dealkylation sites (tertiary alicyclic amines) is 1. The van der Waals surface area contributed by atoms with Gasteiger partial charge in [-0.2, -0.15) is 0 Å². The van der Waals surface area contributed by atoms with Crippen LogP contribution in [0.3, 0.4) is 0 Å². The van der Waals surface area contributed by atoms with E-state index < -0.39 is 0 Å². The van der Waals surface area contributed by atoms with Crippen LogP contribution in [0.15, 0.2) is 54.6 Å². The molecule has 3 amide bonds. The monoisotopic (exact) mass is 446 g/mol. The third-order valence-corrected chi connectivity index (χ3v) is 7.23. The second-order valence-electron chi connectivity index (χ2n) is 9.39. The van der Waals surface area contributed by atoms with Gasteiger partial charge in [-0.1, -0.05) is 42.5 Å². The van der Waals surface area contributed by atoms with E-state index in [0.29, 0.717) is 32.3 Å². The second kappa shape index (κ2) is 9.38. The van der Waals surface area contributed by atoms with Crippen molar-refractivity contribution < 1.29 is 19.1 Å². The van der Waals surface area contributed by atoms with Gasteiger partial charge in [-0.3, -0.25) is 19.3 Å². The van der Waals surface area contributed by atoms with E-state index in [1.54, 1.807) is 0 Å². The Morgan fingerprint density at radius 2 is 1.52 bits per heavy atom. The maximum absolute atomic E-state index is 13.1. The quantitative estimate of drug-likeness (QED) is 0.606. The minimum atomic E-state index is -0.0430. The number of carbonyl (C=O) groups is 3. The van der Waals surface area contributed by atoms with Gasteiger partial charge in [0.25, 0.3) is 0 Å². The highest BCUT2D eigenvalue weighted by Gasteiger charge is 2.47. The predicted molar refractivity (Wildman–Crippen MR) is 123 cm³/mol. The van der Waals surface area contributed by atoms with Crippen molar-refractivity contribution in [2.24, 2.45) is 0 Å². The zero-order valence-corrected chi connectivity index (χ0v) is 18.8. The predicted octanol–water partition coefficient (Wildman–Crippen LogP) is 3.87. The molecule has 3 heterocycles. The lowest BCUT2D eigenvalue weighted by Crippen LogP contribution is -2.53. The molecule has 172 valence electrons. The van der Waals surface area contributed by atoms with Gasteiger partial charge in [-0.05, 0) is 55.4 Å². The van der Waals surface area contributed by atoms with Gasteiger partial charge in [0.15, 0.2) is 0 Å². The van der Waals surface area contributed by atoms with Gasteiger partial charge < -0.3 is 9.64 Å². The molecule has 2 unspecified atom stereocenters. The Labute approximate surface area is 194 Å². The number of fused-ring (bicyclic) bond motifs is 2. The smallest absolute Gasteiger partial charge is 0.229 e. The average molecular weight is 447 g/mol. The highest BCUT2D eigenvalue weighted by atomic mass is 16.5. The maximum Gasteiger partial charge on any atom is 0.229 e.